The van der Waals surface area contributed by atoms with Gasteiger partial charge in [0, 0.05) is 17.1 Å². The third-order valence-electron chi connectivity index (χ3n) is 5.63. The standard InChI is InChI=1S/C24H21N3O6/c1-13-10-16(15(3)27(13)20-8-4-7-18(14(20)2)23(30)31)11-19-21(28)25-24(32)26(22(19)29)12-17-6-5-9-33-17/h4-11H,12H2,1-3H3,(H,30,31)(H,25,28,32). The summed E-state index contributed by atoms with van der Waals surface area (Å²) in [7, 11) is 0. The van der Waals surface area contributed by atoms with Crippen molar-refractivity contribution in [3.8, 4) is 5.69 Å². The fraction of sp³-hybridized carbons (Fsp3) is 0.167. The predicted molar refractivity (Wildman–Crippen MR) is 118 cm³/mol. The van der Waals surface area contributed by atoms with E-state index in [2.05, 4.69) is 5.32 Å². The summed E-state index contributed by atoms with van der Waals surface area (Å²) in [6.07, 6.45) is 2.87. The van der Waals surface area contributed by atoms with Gasteiger partial charge in [-0.05, 0) is 68.3 Å². The molecule has 0 bridgehead atoms. The summed E-state index contributed by atoms with van der Waals surface area (Å²) in [5, 5.41) is 11.6. The quantitative estimate of drug-likeness (QED) is 0.457. The zero-order valence-electron chi connectivity index (χ0n) is 18.2. The third-order valence-corrected chi connectivity index (χ3v) is 5.63. The van der Waals surface area contributed by atoms with Gasteiger partial charge in [-0.25, -0.2) is 9.59 Å². The van der Waals surface area contributed by atoms with Gasteiger partial charge < -0.3 is 14.1 Å². The molecule has 1 saturated heterocycles. The molecule has 3 aromatic rings. The zero-order chi connectivity index (χ0) is 23.9. The number of aromatic nitrogens is 1. The van der Waals surface area contributed by atoms with Crippen LogP contribution in [0.1, 0.15) is 38.6 Å². The van der Waals surface area contributed by atoms with Crippen LogP contribution in [-0.2, 0) is 16.1 Å². The fourth-order valence-corrected chi connectivity index (χ4v) is 3.95. The zero-order valence-corrected chi connectivity index (χ0v) is 18.2. The second kappa shape index (κ2) is 8.27. The largest absolute Gasteiger partial charge is 0.478 e. The van der Waals surface area contributed by atoms with E-state index in [1.54, 1.807) is 37.3 Å². The topological polar surface area (TPSA) is 122 Å². The number of amides is 4. The van der Waals surface area contributed by atoms with Gasteiger partial charge in [0.05, 0.1) is 18.4 Å². The molecule has 9 nitrogen and oxygen atoms in total. The van der Waals surface area contributed by atoms with Gasteiger partial charge in [-0.1, -0.05) is 6.07 Å². The van der Waals surface area contributed by atoms with Crippen molar-refractivity contribution in [2.45, 2.75) is 27.3 Å². The molecule has 168 valence electrons. The predicted octanol–water partition coefficient (Wildman–Crippen LogP) is 3.36. The molecular formula is C24H21N3O6. The van der Waals surface area contributed by atoms with E-state index in [0.717, 1.165) is 10.6 Å². The number of benzene rings is 1. The van der Waals surface area contributed by atoms with E-state index in [9.17, 15) is 24.3 Å². The van der Waals surface area contributed by atoms with Crippen molar-refractivity contribution < 1.29 is 28.7 Å². The molecule has 0 spiro atoms. The summed E-state index contributed by atoms with van der Waals surface area (Å²) in [6, 6.07) is 9.25. The van der Waals surface area contributed by atoms with Crippen LogP contribution in [0.3, 0.4) is 0 Å². The van der Waals surface area contributed by atoms with Crippen molar-refractivity contribution in [1.29, 1.82) is 0 Å². The molecule has 4 amide bonds. The van der Waals surface area contributed by atoms with Crippen LogP contribution in [0.25, 0.3) is 11.8 Å². The first-order chi connectivity index (χ1) is 15.7. The number of aromatic carboxylic acids is 1. The normalized spacial score (nSPS) is 15.3. The lowest BCUT2D eigenvalue weighted by Gasteiger charge is -2.25. The molecule has 4 rings (SSSR count). The highest BCUT2D eigenvalue weighted by Crippen LogP contribution is 2.27. The average molecular weight is 447 g/mol. The summed E-state index contributed by atoms with van der Waals surface area (Å²) >= 11 is 0. The number of carboxylic acids is 1. The minimum atomic E-state index is -1.02. The van der Waals surface area contributed by atoms with Gasteiger partial charge in [-0.3, -0.25) is 19.8 Å². The second-order valence-electron chi connectivity index (χ2n) is 7.70. The molecule has 1 aromatic carbocycles. The van der Waals surface area contributed by atoms with E-state index in [0.29, 0.717) is 28.3 Å². The summed E-state index contributed by atoms with van der Waals surface area (Å²) in [4.78, 5) is 50.1. The fourth-order valence-electron chi connectivity index (χ4n) is 3.95. The molecule has 0 radical (unpaired) electrons. The summed E-state index contributed by atoms with van der Waals surface area (Å²) in [5.74, 6) is -2.13. The van der Waals surface area contributed by atoms with E-state index in [1.807, 2.05) is 18.4 Å². The summed E-state index contributed by atoms with van der Waals surface area (Å²) in [5.41, 5.74) is 3.37. The number of barbiturate groups is 1. The number of aryl methyl sites for hydroxylation is 1. The Morgan fingerprint density at radius 3 is 2.55 bits per heavy atom. The van der Waals surface area contributed by atoms with Crippen molar-refractivity contribution in [2.75, 3.05) is 0 Å². The third kappa shape index (κ3) is 3.84. The highest BCUT2D eigenvalue weighted by Gasteiger charge is 2.36. The molecule has 9 heteroatoms. The van der Waals surface area contributed by atoms with E-state index in [4.69, 9.17) is 4.42 Å². The van der Waals surface area contributed by atoms with E-state index >= 15 is 0 Å². The Labute approximate surface area is 188 Å². The number of nitrogens with zero attached hydrogens (tertiary/aromatic N) is 2. The Morgan fingerprint density at radius 1 is 1.12 bits per heavy atom. The minimum absolute atomic E-state index is 0.109. The number of carbonyl (C=O) groups is 4. The van der Waals surface area contributed by atoms with Crippen molar-refractivity contribution in [3.63, 3.8) is 0 Å². The van der Waals surface area contributed by atoms with Crippen LogP contribution >= 0.6 is 0 Å². The SMILES string of the molecule is Cc1c(C(=O)O)cccc1-n1c(C)cc(C=C2C(=O)NC(=O)N(Cc3ccco3)C2=O)c1C. The van der Waals surface area contributed by atoms with E-state index in [1.165, 1.54) is 18.4 Å². The summed E-state index contributed by atoms with van der Waals surface area (Å²) in [6.45, 7) is 5.27. The number of urea groups is 1. The van der Waals surface area contributed by atoms with Gasteiger partial charge in [0.15, 0.2) is 0 Å². The Hall–Kier alpha value is -4.40. The average Bonchev–Trinajstić information content (AvgIpc) is 3.36. The maximum Gasteiger partial charge on any atom is 0.336 e. The Balaban J connectivity index is 1.75. The van der Waals surface area contributed by atoms with Crippen molar-refractivity contribution in [1.82, 2.24) is 14.8 Å². The van der Waals surface area contributed by atoms with Crippen LogP contribution in [-0.4, -0.2) is 38.4 Å². The molecule has 3 heterocycles. The number of hydrogen-bond acceptors (Lipinski definition) is 5. The van der Waals surface area contributed by atoms with Gasteiger partial charge in [0.25, 0.3) is 11.8 Å². The van der Waals surface area contributed by atoms with Gasteiger partial charge >= 0.3 is 12.0 Å². The first-order valence-corrected chi connectivity index (χ1v) is 10.1. The molecule has 1 aliphatic rings. The number of furan rings is 1. The van der Waals surface area contributed by atoms with Crippen LogP contribution < -0.4 is 5.32 Å². The van der Waals surface area contributed by atoms with Crippen LogP contribution in [0.15, 0.2) is 52.7 Å². The molecule has 0 aliphatic carbocycles. The van der Waals surface area contributed by atoms with E-state index in [-0.39, 0.29) is 17.7 Å². The molecule has 0 unspecified atom stereocenters. The van der Waals surface area contributed by atoms with E-state index < -0.39 is 23.8 Å². The molecule has 0 saturated carbocycles. The number of hydrogen-bond donors (Lipinski definition) is 2. The molecule has 0 atom stereocenters. The number of carboxylic acid groups (broad SMARTS) is 1. The van der Waals surface area contributed by atoms with Gasteiger partial charge in [-0.2, -0.15) is 0 Å². The first-order valence-electron chi connectivity index (χ1n) is 10.1. The maximum atomic E-state index is 13.0. The monoisotopic (exact) mass is 447 g/mol. The van der Waals surface area contributed by atoms with Gasteiger partial charge in [0.2, 0.25) is 0 Å². The molecule has 2 aromatic heterocycles. The number of nitrogens with one attached hydrogen (secondary N) is 1. The van der Waals surface area contributed by atoms with Crippen LogP contribution in [0.2, 0.25) is 0 Å². The molecule has 2 N–H and O–H groups in total. The number of rotatable bonds is 5. The smallest absolute Gasteiger partial charge is 0.336 e. The summed E-state index contributed by atoms with van der Waals surface area (Å²) < 4.78 is 7.08. The Morgan fingerprint density at radius 2 is 1.88 bits per heavy atom. The van der Waals surface area contributed by atoms with Crippen molar-refractivity contribution in [2.24, 2.45) is 0 Å². The van der Waals surface area contributed by atoms with Crippen LogP contribution in [0, 0.1) is 20.8 Å². The molecule has 33 heavy (non-hydrogen) atoms. The number of carbonyl (C=O) groups excluding carboxylic acids is 3. The molecule has 1 aliphatic heterocycles. The lowest BCUT2D eigenvalue weighted by molar-refractivity contribution is -0.130. The highest BCUT2D eigenvalue weighted by molar-refractivity contribution is 6.31. The van der Waals surface area contributed by atoms with Crippen LogP contribution in [0.5, 0.6) is 0 Å². The van der Waals surface area contributed by atoms with Gasteiger partial charge in [0.1, 0.15) is 11.3 Å². The first kappa shape index (κ1) is 21.8. The molecule has 1 fully saturated rings. The second-order valence-corrected chi connectivity index (χ2v) is 7.70. The van der Waals surface area contributed by atoms with Gasteiger partial charge in [-0.15, -0.1) is 0 Å². The Bertz CT molecular complexity index is 1330. The highest BCUT2D eigenvalue weighted by atomic mass is 16.4. The Kier molecular flexibility index (Phi) is 5.47. The van der Waals surface area contributed by atoms with Crippen molar-refractivity contribution >= 4 is 29.9 Å². The number of imide groups is 2. The lowest BCUT2D eigenvalue weighted by atomic mass is 10.1. The van der Waals surface area contributed by atoms with Crippen molar-refractivity contribution in [3.05, 3.63) is 82.1 Å². The molecular weight excluding hydrogens is 426 g/mol. The maximum absolute atomic E-state index is 13.0. The minimum Gasteiger partial charge on any atom is -0.478 e. The van der Waals surface area contributed by atoms with Crippen LogP contribution in [0.4, 0.5) is 4.79 Å². The lowest BCUT2D eigenvalue weighted by Crippen LogP contribution is -2.53.